The molecule has 2 aromatic heterocycles. The second-order valence-corrected chi connectivity index (χ2v) is 6.63. The molecule has 0 saturated carbocycles. The summed E-state index contributed by atoms with van der Waals surface area (Å²) in [7, 11) is 1.66. The first-order valence-electron chi connectivity index (χ1n) is 7.60. The van der Waals surface area contributed by atoms with Crippen molar-refractivity contribution in [3.63, 3.8) is 0 Å². The zero-order chi connectivity index (χ0) is 17.4. The van der Waals surface area contributed by atoms with Crippen molar-refractivity contribution in [3.05, 3.63) is 63.0 Å². The maximum Gasteiger partial charge on any atom is 0.270 e. The van der Waals surface area contributed by atoms with Crippen molar-refractivity contribution in [2.45, 2.75) is 6.54 Å². The van der Waals surface area contributed by atoms with E-state index in [2.05, 4.69) is 38.1 Å². The third-order valence-electron chi connectivity index (χ3n) is 3.97. The predicted molar refractivity (Wildman–Crippen MR) is 102 cm³/mol. The number of nitrogens with one attached hydrogen (secondary N) is 1. The molecule has 1 N–H and O–H groups in total. The molecule has 0 bridgehead atoms. The lowest BCUT2D eigenvalue weighted by Gasteiger charge is -2.11. The first kappa shape index (κ1) is 15.9. The van der Waals surface area contributed by atoms with Crippen molar-refractivity contribution in [1.29, 1.82) is 0 Å². The van der Waals surface area contributed by atoms with Crippen LogP contribution in [0.2, 0.25) is 0 Å². The number of rotatable bonds is 4. The lowest BCUT2D eigenvalue weighted by atomic mass is 10.2. The number of halogens is 1. The van der Waals surface area contributed by atoms with Crippen molar-refractivity contribution >= 4 is 45.0 Å². The zero-order valence-corrected chi connectivity index (χ0v) is 15.5. The van der Waals surface area contributed by atoms with Gasteiger partial charge in [0.25, 0.3) is 5.52 Å². The molecule has 0 aliphatic rings. The summed E-state index contributed by atoms with van der Waals surface area (Å²) in [6.07, 6.45) is 1.69. The van der Waals surface area contributed by atoms with Crippen molar-refractivity contribution in [2.24, 2.45) is 0 Å². The Hall–Kier alpha value is -2.62. The van der Waals surface area contributed by atoms with E-state index in [0.717, 1.165) is 20.6 Å². The monoisotopic (exact) mass is 447 g/mol. The molecule has 0 fully saturated rings. The van der Waals surface area contributed by atoms with Gasteiger partial charge in [0.2, 0.25) is 5.65 Å². The Morgan fingerprint density at radius 3 is 2.96 bits per heavy atom. The summed E-state index contributed by atoms with van der Waals surface area (Å²) in [5, 5.41) is 23.9. The number of anilines is 1. The average molecular weight is 447 g/mol. The molecule has 2 aromatic carbocycles. The first-order valence-corrected chi connectivity index (χ1v) is 8.68. The average Bonchev–Trinajstić information content (AvgIpc) is 3.01. The minimum Gasteiger partial charge on any atom is -0.594 e. The van der Waals surface area contributed by atoms with Crippen molar-refractivity contribution in [2.75, 3.05) is 12.4 Å². The highest BCUT2D eigenvalue weighted by atomic mass is 127. The van der Waals surface area contributed by atoms with Crippen LogP contribution in [0.1, 0.15) is 5.56 Å². The molecule has 7 nitrogen and oxygen atoms in total. The largest absolute Gasteiger partial charge is 0.594 e. The van der Waals surface area contributed by atoms with Gasteiger partial charge in [-0.1, -0.05) is 18.2 Å². The minimum absolute atomic E-state index is 0.467. The summed E-state index contributed by atoms with van der Waals surface area (Å²) < 4.78 is 7.88. The second-order valence-electron chi connectivity index (χ2n) is 5.47. The van der Waals surface area contributed by atoms with E-state index < -0.39 is 0 Å². The van der Waals surface area contributed by atoms with Gasteiger partial charge < -0.3 is 15.3 Å². The molecule has 25 heavy (non-hydrogen) atoms. The summed E-state index contributed by atoms with van der Waals surface area (Å²) >= 11 is 2.12. The number of nitrogens with zero attached hydrogens (tertiary/aromatic N) is 4. The molecule has 0 aliphatic heterocycles. The van der Waals surface area contributed by atoms with Gasteiger partial charge in [0.05, 0.1) is 16.9 Å². The molecular formula is C17H14IN5O2. The van der Waals surface area contributed by atoms with Gasteiger partial charge in [0, 0.05) is 29.0 Å². The third kappa shape index (κ3) is 2.82. The third-order valence-corrected chi connectivity index (χ3v) is 4.73. The molecule has 4 aromatic rings. The Morgan fingerprint density at radius 1 is 1.28 bits per heavy atom. The van der Waals surface area contributed by atoms with Crippen LogP contribution < -0.4 is 14.9 Å². The summed E-state index contributed by atoms with van der Waals surface area (Å²) in [5.41, 5.74) is 3.65. The summed E-state index contributed by atoms with van der Waals surface area (Å²) in [6, 6.07) is 13.4. The van der Waals surface area contributed by atoms with Crippen molar-refractivity contribution in [3.8, 4) is 5.75 Å². The van der Waals surface area contributed by atoms with Crippen LogP contribution in [0.4, 0.5) is 5.69 Å². The number of fused-ring (bicyclic) bond motifs is 3. The topological polar surface area (TPSA) is 78.4 Å². The molecule has 0 aliphatic carbocycles. The van der Waals surface area contributed by atoms with Crippen LogP contribution in [-0.2, 0) is 6.54 Å². The number of hydrogen-bond donors (Lipinski definition) is 1. The highest BCUT2D eigenvalue weighted by Gasteiger charge is 2.15. The van der Waals surface area contributed by atoms with Crippen LogP contribution in [0.25, 0.3) is 16.7 Å². The molecule has 0 atom stereocenters. The lowest BCUT2D eigenvalue weighted by molar-refractivity contribution is -0.640. The standard InChI is InChI=1S/C17H14IN5O2/c1-25-16-5-3-2-4-11(16)9-19-12-6-7-14-15(8-12)22-17(21-23(14)24)13(18)10-20-22/h2-8,10,19H,9H2,1H3. The summed E-state index contributed by atoms with van der Waals surface area (Å²) in [5.74, 6) is 0.835. The maximum absolute atomic E-state index is 12.1. The quantitative estimate of drug-likeness (QED) is 0.296. The Kier molecular flexibility index (Phi) is 4.04. The predicted octanol–water partition coefficient (Wildman–Crippen LogP) is 2.74. The molecular weight excluding hydrogens is 433 g/mol. The van der Waals surface area contributed by atoms with E-state index in [9.17, 15) is 5.21 Å². The van der Waals surface area contributed by atoms with Crippen LogP contribution in [0.15, 0.2) is 48.7 Å². The van der Waals surface area contributed by atoms with Gasteiger partial charge >= 0.3 is 0 Å². The fourth-order valence-electron chi connectivity index (χ4n) is 2.74. The van der Waals surface area contributed by atoms with Crippen LogP contribution >= 0.6 is 22.6 Å². The Balaban J connectivity index is 1.72. The normalized spacial score (nSPS) is 11.1. The van der Waals surface area contributed by atoms with Gasteiger partial charge in [0.15, 0.2) is 0 Å². The Morgan fingerprint density at radius 2 is 2.12 bits per heavy atom. The second kappa shape index (κ2) is 6.36. The van der Waals surface area contributed by atoms with Gasteiger partial charge in [-0.25, -0.2) is 4.52 Å². The highest BCUT2D eigenvalue weighted by Crippen LogP contribution is 2.22. The van der Waals surface area contributed by atoms with E-state index in [1.165, 1.54) is 0 Å². The van der Waals surface area contributed by atoms with Gasteiger partial charge in [-0.2, -0.15) is 5.10 Å². The fraction of sp³-hybridized carbons (Fsp3) is 0.118. The van der Waals surface area contributed by atoms with Crippen molar-refractivity contribution < 1.29 is 9.58 Å². The van der Waals surface area contributed by atoms with Crippen LogP contribution in [0.5, 0.6) is 5.75 Å². The van der Waals surface area contributed by atoms with E-state index >= 15 is 0 Å². The number of aromatic nitrogens is 4. The van der Waals surface area contributed by atoms with E-state index in [0.29, 0.717) is 28.1 Å². The number of para-hydroxylation sites is 1. The van der Waals surface area contributed by atoms with Crippen LogP contribution in [0, 0.1) is 8.78 Å². The Labute approximate surface area is 156 Å². The smallest absolute Gasteiger partial charge is 0.270 e. The van der Waals surface area contributed by atoms with Gasteiger partial charge in [0.1, 0.15) is 11.3 Å². The number of benzene rings is 2. The molecule has 126 valence electrons. The van der Waals surface area contributed by atoms with Crippen LogP contribution in [-0.4, -0.2) is 21.8 Å². The molecule has 0 spiro atoms. The van der Waals surface area contributed by atoms with Gasteiger partial charge in [-0.3, -0.25) is 0 Å². The molecule has 4 rings (SSSR count). The van der Waals surface area contributed by atoms with E-state index in [4.69, 9.17) is 4.74 Å². The van der Waals surface area contributed by atoms with E-state index in [1.807, 2.05) is 36.4 Å². The number of hydrogen-bond acceptors (Lipinski definition) is 5. The molecule has 0 unspecified atom stereocenters. The number of methoxy groups -OCH3 is 1. The lowest BCUT2D eigenvalue weighted by Crippen LogP contribution is -2.33. The summed E-state index contributed by atoms with van der Waals surface area (Å²) in [6.45, 7) is 0.609. The zero-order valence-electron chi connectivity index (χ0n) is 13.3. The Bertz CT molecular complexity index is 1080. The van der Waals surface area contributed by atoms with E-state index in [-0.39, 0.29) is 0 Å². The maximum atomic E-state index is 12.1. The SMILES string of the molecule is COc1ccccc1CNc1ccc2c(c1)n1ncc(I)c1n[n+]2[O-]. The molecule has 0 saturated heterocycles. The highest BCUT2D eigenvalue weighted by molar-refractivity contribution is 14.1. The van der Waals surface area contributed by atoms with Crippen LogP contribution in [0.3, 0.4) is 0 Å². The molecule has 2 heterocycles. The van der Waals surface area contributed by atoms with E-state index in [1.54, 1.807) is 23.9 Å². The first-order chi connectivity index (χ1) is 12.2. The minimum atomic E-state index is 0.467. The fourth-order valence-corrected chi connectivity index (χ4v) is 3.20. The molecule has 0 radical (unpaired) electrons. The van der Waals surface area contributed by atoms with Gasteiger partial charge in [-0.05, 0) is 45.6 Å². The molecule has 0 amide bonds. The molecule has 8 heteroatoms. The van der Waals surface area contributed by atoms with Gasteiger partial charge in [-0.15, -0.1) is 0 Å². The number of ether oxygens (including phenoxy) is 1. The van der Waals surface area contributed by atoms with Crippen molar-refractivity contribution in [1.82, 2.24) is 14.7 Å². The summed E-state index contributed by atoms with van der Waals surface area (Å²) in [4.78, 5) is 0.637.